The van der Waals surface area contributed by atoms with E-state index in [0.29, 0.717) is 12.0 Å². The molecule has 4 rings (SSSR count). The summed E-state index contributed by atoms with van der Waals surface area (Å²) in [6.07, 6.45) is 3.32. The number of hydrogen-bond donors (Lipinski definition) is 2. The summed E-state index contributed by atoms with van der Waals surface area (Å²) >= 11 is 0. The number of nitrogens with zero attached hydrogens (tertiary/aromatic N) is 3. The highest BCUT2D eigenvalue weighted by atomic mass is 16.5. The van der Waals surface area contributed by atoms with Crippen molar-refractivity contribution in [2.24, 2.45) is 0 Å². The van der Waals surface area contributed by atoms with Crippen LogP contribution in [-0.4, -0.2) is 36.2 Å². The molecule has 1 aromatic carbocycles. The van der Waals surface area contributed by atoms with Crippen molar-refractivity contribution in [2.45, 2.75) is 30.9 Å². The minimum atomic E-state index is -0.301. The number of nitrogens with one attached hydrogen (secondary N) is 1. The highest BCUT2D eigenvalue weighted by molar-refractivity contribution is 5.54. The van der Waals surface area contributed by atoms with Crippen LogP contribution in [0.4, 0.5) is 17.6 Å². The molecule has 1 aliphatic carbocycles. The topological polar surface area (TPSA) is 76.3 Å². The maximum Gasteiger partial charge on any atom is 0.223 e. The highest BCUT2D eigenvalue weighted by Crippen LogP contribution is 2.37. The first-order valence-electron chi connectivity index (χ1n) is 8.45. The molecule has 0 amide bonds. The van der Waals surface area contributed by atoms with E-state index in [9.17, 15) is 0 Å². The smallest absolute Gasteiger partial charge is 0.223 e. The average Bonchev–Trinajstić information content (AvgIpc) is 3.30. The van der Waals surface area contributed by atoms with E-state index in [1.165, 1.54) is 18.4 Å². The first kappa shape index (κ1) is 15.2. The third-order valence-corrected chi connectivity index (χ3v) is 4.91. The van der Waals surface area contributed by atoms with Crippen molar-refractivity contribution >= 4 is 17.6 Å². The van der Waals surface area contributed by atoms with Gasteiger partial charge in [-0.25, -0.2) is 0 Å². The van der Waals surface area contributed by atoms with E-state index in [-0.39, 0.29) is 5.60 Å². The fraction of sp³-hybridized carbons (Fsp3) is 0.444. The Kier molecular flexibility index (Phi) is 3.76. The lowest BCUT2D eigenvalue weighted by atomic mass is 9.93. The molecule has 1 saturated heterocycles. The summed E-state index contributed by atoms with van der Waals surface area (Å²) in [4.78, 5) is 11.0. The number of methoxy groups -OCH3 is 1. The number of anilines is 3. The summed E-state index contributed by atoms with van der Waals surface area (Å²) in [7, 11) is 1.78. The molecule has 1 aliphatic heterocycles. The SMILES string of the molecule is CO[C@@]1(c2ccccc2)CCN(c2cc(NC3CC3)nc(N)n2)C1. The predicted molar refractivity (Wildman–Crippen MR) is 95.0 cm³/mol. The predicted octanol–water partition coefficient (Wildman–Crippen LogP) is 2.39. The Morgan fingerprint density at radius 1 is 1.25 bits per heavy atom. The molecule has 3 N–H and O–H groups in total. The molecule has 6 nitrogen and oxygen atoms in total. The zero-order valence-corrected chi connectivity index (χ0v) is 13.9. The van der Waals surface area contributed by atoms with Gasteiger partial charge in [-0.15, -0.1) is 0 Å². The van der Waals surface area contributed by atoms with Crippen molar-refractivity contribution in [3.8, 4) is 0 Å². The van der Waals surface area contributed by atoms with Crippen LogP contribution in [0.2, 0.25) is 0 Å². The number of rotatable bonds is 5. The first-order valence-corrected chi connectivity index (χ1v) is 8.45. The van der Waals surface area contributed by atoms with E-state index < -0.39 is 0 Å². The van der Waals surface area contributed by atoms with Crippen LogP contribution < -0.4 is 16.0 Å². The van der Waals surface area contributed by atoms with Crippen molar-refractivity contribution in [2.75, 3.05) is 36.1 Å². The van der Waals surface area contributed by atoms with Gasteiger partial charge in [0, 0.05) is 25.8 Å². The summed E-state index contributed by atoms with van der Waals surface area (Å²) in [6, 6.07) is 12.9. The minimum Gasteiger partial charge on any atom is -0.372 e. The Labute approximate surface area is 142 Å². The summed E-state index contributed by atoms with van der Waals surface area (Å²) in [5.41, 5.74) is 6.82. The minimum absolute atomic E-state index is 0.301. The van der Waals surface area contributed by atoms with Crippen molar-refractivity contribution in [1.29, 1.82) is 0 Å². The second-order valence-corrected chi connectivity index (χ2v) is 6.62. The van der Waals surface area contributed by atoms with Gasteiger partial charge in [0.15, 0.2) is 0 Å². The van der Waals surface area contributed by atoms with Gasteiger partial charge in [-0.3, -0.25) is 0 Å². The van der Waals surface area contributed by atoms with Crippen LogP contribution in [-0.2, 0) is 10.3 Å². The fourth-order valence-electron chi connectivity index (χ4n) is 3.36. The molecule has 0 spiro atoms. The zero-order chi connectivity index (χ0) is 16.6. The molecule has 0 radical (unpaired) electrons. The number of aromatic nitrogens is 2. The Balaban J connectivity index is 1.58. The number of hydrogen-bond acceptors (Lipinski definition) is 6. The van der Waals surface area contributed by atoms with Crippen LogP contribution in [0, 0.1) is 0 Å². The van der Waals surface area contributed by atoms with Crippen LogP contribution in [0.25, 0.3) is 0 Å². The second-order valence-electron chi connectivity index (χ2n) is 6.62. The molecule has 0 bridgehead atoms. The van der Waals surface area contributed by atoms with Gasteiger partial charge in [0.05, 0.1) is 6.54 Å². The normalized spacial score (nSPS) is 23.5. The third kappa shape index (κ3) is 2.89. The molecule has 2 fully saturated rings. The lowest BCUT2D eigenvalue weighted by Crippen LogP contribution is -2.33. The molecule has 2 heterocycles. The van der Waals surface area contributed by atoms with E-state index in [0.717, 1.165) is 31.1 Å². The highest BCUT2D eigenvalue weighted by Gasteiger charge is 2.40. The molecule has 1 saturated carbocycles. The summed E-state index contributed by atoms with van der Waals surface area (Å²) in [5, 5.41) is 3.40. The molecule has 1 atom stereocenters. The monoisotopic (exact) mass is 325 g/mol. The Hall–Kier alpha value is -2.34. The van der Waals surface area contributed by atoms with Crippen LogP contribution >= 0.6 is 0 Å². The van der Waals surface area contributed by atoms with Crippen molar-refractivity contribution in [1.82, 2.24) is 9.97 Å². The van der Waals surface area contributed by atoms with Gasteiger partial charge in [0.2, 0.25) is 5.95 Å². The zero-order valence-electron chi connectivity index (χ0n) is 13.9. The number of nitrogens with two attached hydrogens (primary N) is 1. The second kappa shape index (κ2) is 5.94. The molecule has 126 valence electrons. The average molecular weight is 325 g/mol. The Morgan fingerprint density at radius 3 is 2.75 bits per heavy atom. The van der Waals surface area contributed by atoms with Gasteiger partial charge in [-0.1, -0.05) is 30.3 Å². The molecule has 1 aromatic heterocycles. The van der Waals surface area contributed by atoms with E-state index in [1.54, 1.807) is 7.11 Å². The molecule has 6 heteroatoms. The third-order valence-electron chi connectivity index (χ3n) is 4.91. The van der Waals surface area contributed by atoms with Gasteiger partial charge in [-0.05, 0) is 24.8 Å². The van der Waals surface area contributed by atoms with Gasteiger partial charge in [-0.2, -0.15) is 9.97 Å². The van der Waals surface area contributed by atoms with Crippen LogP contribution in [0.15, 0.2) is 36.4 Å². The number of benzene rings is 1. The van der Waals surface area contributed by atoms with Gasteiger partial charge in [0.25, 0.3) is 0 Å². The lowest BCUT2D eigenvalue weighted by Gasteiger charge is -2.29. The van der Waals surface area contributed by atoms with Crippen LogP contribution in [0.5, 0.6) is 0 Å². The maximum atomic E-state index is 5.94. The summed E-state index contributed by atoms with van der Waals surface area (Å²) < 4.78 is 5.94. The largest absolute Gasteiger partial charge is 0.372 e. The lowest BCUT2D eigenvalue weighted by molar-refractivity contribution is 0.00477. The van der Waals surface area contributed by atoms with E-state index in [1.807, 2.05) is 12.1 Å². The maximum absolute atomic E-state index is 5.94. The molecular formula is C18H23N5O. The summed E-state index contributed by atoms with van der Waals surface area (Å²) in [6.45, 7) is 1.63. The van der Waals surface area contributed by atoms with Gasteiger partial charge in [0.1, 0.15) is 17.2 Å². The van der Waals surface area contributed by atoms with E-state index in [4.69, 9.17) is 10.5 Å². The van der Waals surface area contributed by atoms with Crippen molar-refractivity contribution in [3.05, 3.63) is 42.0 Å². The molecule has 0 unspecified atom stereocenters. The quantitative estimate of drug-likeness (QED) is 0.879. The molecule has 2 aromatic rings. The van der Waals surface area contributed by atoms with E-state index in [2.05, 4.69) is 44.5 Å². The molecule has 24 heavy (non-hydrogen) atoms. The van der Waals surface area contributed by atoms with Crippen LogP contribution in [0.1, 0.15) is 24.8 Å². The van der Waals surface area contributed by atoms with Crippen molar-refractivity contribution < 1.29 is 4.74 Å². The number of ether oxygens (including phenoxy) is 1. The molecule has 2 aliphatic rings. The fourth-order valence-corrected chi connectivity index (χ4v) is 3.36. The van der Waals surface area contributed by atoms with Gasteiger partial charge < -0.3 is 20.7 Å². The first-order chi connectivity index (χ1) is 11.7. The number of nitrogen functional groups attached to an aromatic ring is 1. The molecular weight excluding hydrogens is 302 g/mol. The van der Waals surface area contributed by atoms with E-state index >= 15 is 0 Å². The summed E-state index contributed by atoms with van der Waals surface area (Å²) in [5.74, 6) is 1.99. The Morgan fingerprint density at radius 2 is 2.04 bits per heavy atom. The van der Waals surface area contributed by atoms with Crippen LogP contribution in [0.3, 0.4) is 0 Å². The standard InChI is InChI=1S/C18H23N5O/c1-24-18(13-5-3-2-4-6-13)9-10-23(12-18)16-11-15(20-14-7-8-14)21-17(19)22-16/h2-6,11,14H,7-10,12H2,1H3,(H3,19,20,21,22)/t18-/m0/s1. The van der Waals surface area contributed by atoms with Gasteiger partial charge >= 0.3 is 0 Å². The Bertz CT molecular complexity index is 719. The van der Waals surface area contributed by atoms with Crippen molar-refractivity contribution in [3.63, 3.8) is 0 Å².